The van der Waals surface area contributed by atoms with E-state index in [-0.39, 0.29) is 18.2 Å². The second kappa shape index (κ2) is 5.45. The minimum atomic E-state index is -0.472. The molecule has 0 spiro atoms. The molecule has 0 saturated heterocycles. The molecule has 17 heavy (non-hydrogen) atoms. The molecule has 0 radical (unpaired) electrons. The summed E-state index contributed by atoms with van der Waals surface area (Å²) < 4.78 is 0.924. The lowest BCUT2D eigenvalue weighted by Gasteiger charge is -2.17. The fourth-order valence-electron chi connectivity index (χ4n) is 1.16. The zero-order valence-corrected chi connectivity index (χ0v) is 11.8. The van der Waals surface area contributed by atoms with Crippen LogP contribution >= 0.6 is 15.9 Å². The van der Waals surface area contributed by atoms with Crippen LogP contribution in [0.1, 0.15) is 31.1 Å². The van der Waals surface area contributed by atoms with Gasteiger partial charge in [-0.25, -0.2) is 0 Å². The van der Waals surface area contributed by atoms with E-state index in [9.17, 15) is 9.59 Å². The van der Waals surface area contributed by atoms with Crippen LogP contribution in [-0.4, -0.2) is 18.2 Å². The van der Waals surface area contributed by atoms with E-state index < -0.39 is 5.41 Å². The molecule has 4 heteroatoms. The average Bonchev–Trinajstić information content (AvgIpc) is 2.25. The summed E-state index contributed by atoms with van der Waals surface area (Å²) in [5.74, 6) is -0.210. The van der Waals surface area contributed by atoms with Crippen molar-refractivity contribution in [2.24, 2.45) is 5.41 Å². The zero-order chi connectivity index (χ0) is 13.1. The summed E-state index contributed by atoms with van der Waals surface area (Å²) in [6, 6.07) is 7.07. The monoisotopic (exact) mass is 297 g/mol. The minimum absolute atomic E-state index is 0.0394. The van der Waals surface area contributed by atoms with Gasteiger partial charge in [0.15, 0.2) is 5.78 Å². The fraction of sp³-hybridized carbons (Fsp3) is 0.385. The Morgan fingerprint density at radius 3 is 2.18 bits per heavy atom. The standard InChI is InChI=1S/C13H16BrNO2/c1-13(2,3)12(17)15-8-11(16)9-4-6-10(14)7-5-9/h4-7H,8H2,1-3H3,(H,15,17). The Kier molecular flexibility index (Phi) is 4.46. The maximum absolute atomic E-state index is 11.8. The zero-order valence-electron chi connectivity index (χ0n) is 10.2. The molecule has 0 aliphatic rings. The fourth-order valence-corrected chi connectivity index (χ4v) is 1.43. The van der Waals surface area contributed by atoms with Gasteiger partial charge in [-0.05, 0) is 12.1 Å². The predicted molar refractivity (Wildman–Crippen MR) is 70.9 cm³/mol. The molecule has 0 heterocycles. The topological polar surface area (TPSA) is 46.2 Å². The van der Waals surface area contributed by atoms with Gasteiger partial charge in [-0.15, -0.1) is 0 Å². The normalized spacial score (nSPS) is 11.1. The highest BCUT2D eigenvalue weighted by molar-refractivity contribution is 9.10. The van der Waals surface area contributed by atoms with Crippen LogP contribution in [0.2, 0.25) is 0 Å². The molecule has 92 valence electrons. The molecule has 0 unspecified atom stereocenters. The maximum Gasteiger partial charge on any atom is 0.225 e. The molecular weight excluding hydrogens is 282 g/mol. The highest BCUT2D eigenvalue weighted by Crippen LogP contribution is 2.13. The predicted octanol–water partition coefficient (Wildman–Crippen LogP) is 2.79. The number of halogens is 1. The van der Waals surface area contributed by atoms with E-state index >= 15 is 0 Å². The van der Waals surface area contributed by atoms with E-state index in [0.29, 0.717) is 5.56 Å². The van der Waals surface area contributed by atoms with E-state index in [0.717, 1.165) is 4.47 Å². The van der Waals surface area contributed by atoms with Crippen LogP contribution in [0.3, 0.4) is 0 Å². The second-order valence-corrected chi connectivity index (χ2v) is 5.78. The van der Waals surface area contributed by atoms with Crippen LogP contribution < -0.4 is 5.32 Å². The highest BCUT2D eigenvalue weighted by atomic mass is 79.9. The van der Waals surface area contributed by atoms with Crippen LogP contribution in [-0.2, 0) is 4.79 Å². The third kappa shape index (κ3) is 4.30. The van der Waals surface area contributed by atoms with E-state index in [1.807, 2.05) is 20.8 Å². The Morgan fingerprint density at radius 2 is 1.71 bits per heavy atom. The molecule has 0 saturated carbocycles. The molecule has 3 nitrogen and oxygen atoms in total. The molecule has 1 rings (SSSR count). The van der Waals surface area contributed by atoms with Crippen molar-refractivity contribution in [2.45, 2.75) is 20.8 Å². The quantitative estimate of drug-likeness (QED) is 0.872. The number of amides is 1. The lowest BCUT2D eigenvalue weighted by atomic mass is 9.95. The van der Waals surface area contributed by atoms with Crippen LogP contribution in [0, 0.1) is 5.41 Å². The maximum atomic E-state index is 11.8. The number of ketones is 1. The second-order valence-electron chi connectivity index (χ2n) is 4.86. The van der Waals surface area contributed by atoms with Crippen LogP contribution in [0.4, 0.5) is 0 Å². The first kappa shape index (κ1) is 13.9. The van der Waals surface area contributed by atoms with Crippen LogP contribution in [0.5, 0.6) is 0 Å². The summed E-state index contributed by atoms with van der Waals surface area (Å²) in [4.78, 5) is 23.3. The van der Waals surface area contributed by atoms with E-state index in [1.54, 1.807) is 24.3 Å². The molecule has 1 N–H and O–H groups in total. The number of carbonyl (C=O) groups excluding carboxylic acids is 2. The molecule has 1 aromatic carbocycles. The Morgan fingerprint density at radius 1 is 1.18 bits per heavy atom. The number of nitrogens with one attached hydrogen (secondary N) is 1. The first-order chi connectivity index (χ1) is 7.80. The van der Waals surface area contributed by atoms with Gasteiger partial charge in [-0.2, -0.15) is 0 Å². The summed E-state index contributed by atoms with van der Waals surface area (Å²) >= 11 is 3.30. The van der Waals surface area contributed by atoms with Gasteiger partial charge in [0, 0.05) is 15.5 Å². The number of Topliss-reactive ketones (excluding diaryl/α,β-unsaturated/α-hetero) is 1. The Labute approximate surface area is 110 Å². The Hall–Kier alpha value is -1.16. The first-order valence-corrected chi connectivity index (χ1v) is 6.17. The lowest BCUT2D eigenvalue weighted by molar-refractivity contribution is -0.128. The molecule has 1 amide bonds. The number of benzene rings is 1. The van der Waals surface area contributed by atoms with Crippen molar-refractivity contribution in [1.82, 2.24) is 5.32 Å². The molecule has 0 aromatic heterocycles. The van der Waals surface area contributed by atoms with Crippen LogP contribution in [0.25, 0.3) is 0 Å². The Balaban J connectivity index is 2.56. The van der Waals surface area contributed by atoms with Crippen molar-refractivity contribution in [3.05, 3.63) is 34.3 Å². The highest BCUT2D eigenvalue weighted by Gasteiger charge is 2.21. The van der Waals surface area contributed by atoms with Gasteiger partial charge in [-0.1, -0.05) is 48.8 Å². The summed E-state index contributed by atoms with van der Waals surface area (Å²) in [5, 5.41) is 2.64. The third-order valence-corrected chi connectivity index (χ3v) is 2.79. The number of rotatable bonds is 3. The van der Waals surface area contributed by atoms with Gasteiger partial charge in [0.2, 0.25) is 5.91 Å². The third-order valence-electron chi connectivity index (χ3n) is 2.26. The molecule has 0 aliphatic heterocycles. The smallest absolute Gasteiger partial charge is 0.225 e. The van der Waals surface area contributed by atoms with Crippen molar-refractivity contribution in [3.8, 4) is 0 Å². The van der Waals surface area contributed by atoms with Crippen molar-refractivity contribution in [3.63, 3.8) is 0 Å². The number of carbonyl (C=O) groups is 2. The van der Waals surface area contributed by atoms with Gasteiger partial charge >= 0.3 is 0 Å². The largest absolute Gasteiger partial charge is 0.348 e. The Bertz CT molecular complexity index is 418. The molecule has 0 fully saturated rings. The van der Waals surface area contributed by atoms with Gasteiger partial charge in [0.05, 0.1) is 6.54 Å². The van der Waals surface area contributed by atoms with Gasteiger partial charge in [0.25, 0.3) is 0 Å². The van der Waals surface area contributed by atoms with Crippen LogP contribution in [0.15, 0.2) is 28.7 Å². The van der Waals surface area contributed by atoms with Crippen molar-refractivity contribution in [2.75, 3.05) is 6.54 Å². The summed E-state index contributed by atoms with van der Waals surface area (Å²) in [6.07, 6.45) is 0. The van der Waals surface area contributed by atoms with Crippen molar-refractivity contribution in [1.29, 1.82) is 0 Å². The minimum Gasteiger partial charge on any atom is -0.348 e. The molecule has 0 aliphatic carbocycles. The number of hydrogen-bond acceptors (Lipinski definition) is 2. The van der Waals surface area contributed by atoms with E-state index in [2.05, 4.69) is 21.2 Å². The van der Waals surface area contributed by atoms with Crippen molar-refractivity contribution >= 4 is 27.6 Å². The molecule has 0 bridgehead atoms. The SMILES string of the molecule is CC(C)(C)C(=O)NCC(=O)c1ccc(Br)cc1. The van der Waals surface area contributed by atoms with Gasteiger partial charge in [0.1, 0.15) is 0 Å². The van der Waals surface area contributed by atoms with Crippen molar-refractivity contribution < 1.29 is 9.59 Å². The van der Waals surface area contributed by atoms with E-state index in [1.165, 1.54) is 0 Å². The van der Waals surface area contributed by atoms with Gasteiger partial charge < -0.3 is 5.32 Å². The number of hydrogen-bond donors (Lipinski definition) is 1. The van der Waals surface area contributed by atoms with E-state index in [4.69, 9.17) is 0 Å². The molecular formula is C13H16BrNO2. The average molecular weight is 298 g/mol. The molecule has 1 aromatic rings. The first-order valence-electron chi connectivity index (χ1n) is 5.38. The summed E-state index contributed by atoms with van der Waals surface area (Å²) in [7, 11) is 0. The summed E-state index contributed by atoms with van der Waals surface area (Å²) in [5.41, 5.74) is 0.127. The summed E-state index contributed by atoms with van der Waals surface area (Å²) in [6.45, 7) is 5.48. The van der Waals surface area contributed by atoms with Gasteiger partial charge in [-0.3, -0.25) is 9.59 Å². The molecule has 0 atom stereocenters. The lowest BCUT2D eigenvalue weighted by Crippen LogP contribution is -2.37.